The standard InChI is InChI=1S/C16H20N2O3/c1-18-10-12-8-11(4-5-13(12)17-15(18)20)14(19)9-16(21-2)6-3-7-16/h4-5,8H,3,6-7,9-10H2,1-2H3,(H,17,20). The molecule has 1 aromatic rings. The first-order valence-corrected chi connectivity index (χ1v) is 7.26. The van der Waals surface area contributed by atoms with Crippen LogP contribution >= 0.6 is 0 Å². The maximum atomic E-state index is 12.5. The quantitative estimate of drug-likeness (QED) is 0.867. The van der Waals surface area contributed by atoms with Crippen molar-refractivity contribution in [2.75, 3.05) is 19.5 Å². The molecular formula is C16H20N2O3. The minimum atomic E-state index is -0.252. The van der Waals surface area contributed by atoms with Crippen LogP contribution in [-0.2, 0) is 11.3 Å². The van der Waals surface area contributed by atoms with E-state index in [0.29, 0.717) is 18.5 Å². The van der Waals surface area contributed by atoms with Gasteiger partial charge in [-0.1, -0.05) is 0 Å². The number of nitrogens with zero attached hydrogens (tertiary/aromatic N) is 1. The molecule has 3 rings (SSSR count). The number of benzene rings is 1. The lowest BCUT2D eigenvalue weighted by molar-refractivity contribution is -0.0704. The summed E-state index contributed by atoms with van der Waals surface area (Å²) in [7, 11) is 3.42. The number of ether oxygens (including phenoxy) is 1. The van der Waals surface area contributed by atoms with Crippen LogP contribution in [0.4, 0.5) is 10.5 Å². The van der Waals surface area contributed by atoms with E-state index in [0.717, 1.165) is 30.5 Å². The van der Waals surface area contributed by atoms with E-state index in [1.54, 1.807) is 25.1 Å². The lowest BCUT2D eigenvalue weighted by Gasteiger charge is -2.40. The highest BCUT2D eigenvalue weighted by Crippen LogP contribution is 2.39. The number of fused-ring (bicyclic) bond motifs is 1. The van der Waals surface area contributed by atoms with Crippen molar-refractivity contribution in [2.24, 2.45) is 0 Å². The number of hydrogen-bond acceptors (Lipinski definition) is 3. The van der Waals surface area contributed by atoms with Gasteiger partial charge in [-0.15, -0.1) is 0 Å². The van der Waals surface area contributed by atoms with Crippen molar-refractivity contribution in [2.45, 2.75) is 37.8 Å². The van der Waals surface area contributed by atoms with Crippen LogP contribution in [0.1, 0.15) is 41.6 Å². The Morgan fingerprint density at radius 3 is 2.81 bits per heavy atom. The van der Waals surface area contributed by atoms with Crippen LogP contribution in [0.25, 0.3) is 0 Å². The summed E-state index contributed by atoms with van der Waals surface area (Å²) in [5, 5.41) is 2.81. The van der Waals surface area contributed by atoms with Gasteiger partial charge in [0.1, 0.15) is 0 Å². The number of ketones is 1. The van der Waals surface area contributed by atoms with E-state index in [9.17, 15) is 9.59 Å². The summed E-state index contributed by atoms with van der Waals surface area (Å²) in [6.07, 6.45) is 3.48. The minimum absolute atomic E-state index is 0.110. The Morgan fingerprint density at radius 1 is 1.43 bits per heavy atom. The van der Waals surface area contributed by atoms with Gasteiger partial charge in [0.05, 0.1) is 5.60 Å². The van der Waals surface area contributed by atoms with E-state index < -0.39 is 0 Å². The highest BCUT2D eigenvalue weighted by atomic mass is 16.5. The summed E-state index contributed by atoms with van der Waals surface area (Å²) in [5.41, 5.74) is 2.21. The normalized spacial score (nSPS) is 19.5. The Kier molecular flexibility index (Phi) is 3.45. The van der Waals surface area contributed by atoms with Crippen molar-refractivity contribution in [3.63, 3.8) is 0 Å². The largest absolute Gasteiger partial charge is 0.378 e. The summed E-state index contributed by atoms with van der Waals surface area (Å²) in [5.74, 6) is 0.110. The number of nitrogens with one attached hydrogen (secondary N) is 1. The summed E-state index contributed by atoms with van der Waals surface area (Å²) in [4.78, 5) is 25.6. The maximum absolute atomic E-state index is 12.5. The van der Waals surface area contributed by atoms with Crippen LogP contribution in [0.3, 0.4) is 0 Å². The van der Waals surface area contributed by atoms with E-state index in [1.165, 1.54) is 0 Å². The summed E-state index contributed by atoms with van der Waals surface area (Å²) >= 11 is 0. The molecule has 1 aromatic carbocycles. The van der Waals surface area contributed by atoms with Gasteiger partial charge in [0.2, 0.25) is 0 Å². The van der Waals surface area contributed by atoms with Crippen molar-refractivity contribution in [3.05, 3.63) is 29.3 Å². The van der Waals surface area contributed by atoms with E-state index in [4.69, 9.17) is 4.74 Å². The predicted octanol–water partition coefficient (Wildman–Crippen LogP) is 2.81. The predicted molar refractivity (Wildman–Crippen MR) is 79.5 cm³/mol. The molecule has 0 bridgehead atoms. The molecule has 21 heavy (non-hydrogen) atoms. The number of carbonyl (C=O) groups is 2. The first kappa shape index (κ1) is 14.1. The zero-order valence-corrected chi connectivity index (χ0v) is 12.4. The molecule has 0 radical (unpaired) electrons. The lowest BCUT2D eigenvalue weighted by atomic mass is 9.75. The smallest absolute Gasteiger partial charge is 0.321 e. The molecule has 1 fully saturated rings. The molecule has 1 heterocycles. The molecule has 5 heteroatoms. The highest BCUT2D eigenvalue weighted by Gasteiger charge is 2.39. The number of hydrogen-bond donors (Lipinski definition) is 1. The zero-order valence-electron chi connectivity index (χ0n) is 12.4. The number of carbonyl (C=O) groups excluding carboxylic acids is 2. The van der Waals surface area contributed by atoms with Crippen LogP contribution in [0, 0.1) is 0 Å². The van der Waals surface area contributed by atoms with Crippen LogP contribution in [-0.4, -0.2) is 36.5 Å². The molecule has 0 saturated heterocycles. The molecule has 0 atom stereocenters. The van der Waals surface area contributed by atoms with E-state index >= 15 is 0 Å². The van der Waals surface area contributed by atoms with Crippen LogP contribution in [0.2, 0.25) is 0 Å². The molecule has 5 nitrogen and oxygen atoms in total. The second-order valence-corrected chi connectivity index (χ2v) is 6.00. The molecule has 112 valence electrons. The van der Waals surface area contributed by atoms with E-state index in [-0.39, 0.29) is 17.4 Å². The Morgan fingerprint density at radius 2 is 2.19 bits per heavy atom. The average Bonchev–Trinajstić information content (AvgIpc) is 2.43. The highest BCUT2D eigenvalue weighted by molar-refractivity contribution is 5.99. The molecule has 1 N–H and O–H groups in total. The first-order valence-electron chi connectivity index (χ1n) is 7.26. The van der Waals surface area contributed by atoms with Crippen LogP contribution < -0.4 is 5.32 Å². The van der Waals surface area contributed by atoms with Gasteiger partial charge in [-0.25, -0.2) is 4.79 Å². The second kappa shape index (κ2) is 5.15. The van der Waals surface area contributed by atoms with Gasteiger partial charge in [-0.3, -0.25) is 4.79 Å². The third kappa shape index (κ3) is 2.53. The number of methoxy groups -OCH3 is 1. The van der Waals surface area contributed by atoms with Gasteiger partial charge >= 0.3 is 6.03 Å². The number of anilines is 1. The summed E-state index contributed by atoms with van der Waals surface area (Å²) in [6, 6.07) is 5.37. The molecular weight excluding hydrogens is 268 g/mol. The van der Waals surface area contributed by atoms with Crippen molar-refractivity contribution in [1.29, 1.82) is 0 Å². The first-order chi connectivity index (χ1) is 10.0. The van der Waals surface area contributed by atoms with E-state index in [1.807, 2.05) is 12.1 Å². The minimum Gasteiger partial charge on any atom is -0.378 e. The fourth-order valence-corrected chi connectivity index (χ4v) is 2.98. The van der Waals surface area contributed by atoms with Gasteiger partial charge < -0.3 is 15.0 Å². The summed E-state index contributed by atoms with van der Waals surface area (Å²) < 4.78 is 5.52. The van der Waals surface area contributed by atoms with Gasteiger partial charge in [0, 0.05) is 38.4 Å². The third-order valence-electron chi connectivity index (χ3n) is 4.60. The number of rotatable bonds is 4. The van der Waals surface area contributed by atoms with E-state index in [2.05, 4.69) is 5.32 Å². The molecule has 1 aliphatic heterocycles. The van der Waals surface area contributed by atoms with Crippen LogP contribution in [0.5, 0.6) is 0 Å². The second-order valence-electron chi connectivity index (χ2n) is 6.00. The Labute approximate surface area is 124 Å². The Balaban J connectivity index is 1.79. The zero-order chi connectivity index (χ0) is 15.0. The van der Waals surface area contributed by atoms with Gasteiger partial charge in [-0.2, -0.15) is 0 Å². The molecule has 1 saturated carbocycles. The number of amides is 2. The van der Waals surface area contributed by atoms with Gasteiger partial charge in [0.25, 0.3) is 0 Å². The number of urea groups is 1. The van der Waals surface area contributed by atoms with Gasteiger partial charge in [0.15, 0.2) is 5.78 Å². The Hall–Kier alpha value is -1.88. The fourth-order valence-electron chi connectivity index (χ4n) is 2.98. The lowest BCUT2D eigenvalue weighted by Crippen LogP contribution is -2.41. The van der Waals surface area contributed by atoms with Gasteiger partial charge in [-0.05, 0) is 43.0 Å². The molecule has 1 aliphatic carbocycles. The van der Waals surface area contributed by atoms with Crippen molar-refractivity contribution < 1.29 is 14.3 Å². The van der Waals surface area contributed by atoms with Crippen LogP contribution in [0.15, 0.2) is 18.2 Å². The Bertz CT molecular complexity index is 588. The molecule has 2 aliphatic rings. The monoisotopic (exact) mass is 288 g/mol. The topological polar surface area (TPSA) is 58.6 Å². The number of Topliss-reactive ketones (excluding diaryl/α,β-unsaturated/α-hetero) is 1. The fraction of sp³-hybridized carbons (Fsp3) is 0.500. The molecule has 0 spiro atoms. The summed E-state index contributed by atoms with van der Waals surface area (Å²) in [6.45, 7) is 0.526. The maximum Gasteiger partial charge on any atom is 0.321 e. The van der Waals surface area contributed by atoms with Crippen molar-refractivity contribution in [1.82, 2.24) is 4.90 Å². The van der Waals surface area contributed by atoms with Crippen molar-refractivity contribution in [3.8, 4) is 0 Å². The molecule has 0 unspecified atom stereocenters. The average molecular weight is 288 g/mol. The molecule has 0 aromatic heterocycles. The third-order valence-corrected chi connectivity index (χ3v) is 4.60. The van der Waals surface area contributed by atoms with Crippen molar-refractivity contribution >= 4 is 17.5 Å². The SMILES string of the molecule is COC1(CC(=O)c2ccc3c(c2)CN(C)C(=O)N3)CCC1. The molecule has 2 amide bonds.